The lowest BCUT2D eigenvalue weighted by molar-refractivity contribution is -0.150. The van der Waals surface area contributed by atoms with E-state index in [4.69, 9.17) is 10.5 Å². The number of amides is 1. The van der Waals surface area contributed by atoms with Crippen LogP contribution in [-0.4, -0.2) is 66.7 Å². The van der Waals surface area contributed by atoms with Crippen molar-refractivity contribution < 1.29 is 9.53 Å². The third-order valence-electron chi connectivity index (χ3n) is 6.08. The number of rotatable bonds is 3. The number of morpholine rings is 1. The summed E-state index contributed by atoms with van der Waals surface area (Å²) in [4.78, 5) is 17.3. The molecule has 4 rings (SSSR count). The van der Waals surface area contributed by atoms with Gasteiger partial charge >= 0.3 is 0 Å². The molecule has 2 saturated heterocycles. The topological polar surface area (TPSA) is 58.8 Å². The first kappa shape index (κ1) is 17.0. The molecule has 2 N–H and O–H groups in total. The number of fused-ring (bicyclic) bond motifs is 1. The molecule has 1 amide bonds. The largest absolute Gasteiger partial charge is 0.374 e. The second-order valence-corrected chi connectivity index (χ2v) is 7.72. The zero-order valence-corrected chi connectivity index (χ0v) is 14.8. The van der Waals surface area contributed by atoms with Gasteiger partial charge in [0.05, 0.1) is 25.3 Å². The first-order valence-electron chi connectivity index (χ1n) is 9.66. The van der Waals surface area contributed by atoms with Crippen molar-refractivity contribution in [3.63, 3.8) is 0 Å². The molecule has 3 aliphatic rings. The Hall–Kier alpha value is -1.43. The molecule has 25 heavy (non-hydrogen) atoms. The Morgan fingerprint density at radius 3 is 2.80 bits per heavy atom. The van der Waals surface area contributed by atoms with Gasteiger partial charge in [0.1, 0.15) is 0 Å². The van der Waals surface area contributed by atoms with Crippen LogP contribution in [-0.2, 0) is 9.53 Å². The molecule has 5 heteroatoms. The highest BCUT2D eigenvalue weighted by Crippen LogP contribution is 2.30. The summed E-state index contributed by atoms with van der Waals surface area (Å²) in [5.74, 6) is 0.572. The Bertz CT molecular complexity index is 592. The molecule has 1 saturated carbocycles. The Balaban J connectivity index is 1.38. The van der Waals surface area contributed by atoms with Crippen LogP contribution in [0.1, 0.15) is 37.2 Å². The zero-order chi connectivity index (χ0) is 17.2. The van der Waals surface area contributed by atoms with Gasteiger partial charge in [0.15, 0.2) is 0 Å². The summed E-state index contributed by atoms with van der Waals surface area (Å²) < 4.78 is 5.90. The van der Waals surface area contributed by atoms with E-state index in [1.165, 1.54) is 18.4 Å². The molecular weight excluding hydrogens is 314 g/mol. The smallest absolute Gasteiger partial charge is 0.237 e. The van der Waals surface area contributed by atoms with E-state index in [0.29, 0.717) is 19.1 Å². The molecule has 1 aliphatic carbocycles. The van der Waals surface area contributed by atoms with E-state index in [9.17, 15) is 4.79 Å². The third kappa shape index (κ3) is 3.59. The fourth-order valence-electron chi connectivity index (χ4n) is 4.78. The number of hydrogen-bond donors (Lipinski definition) is 1. The maximum absolute atomic E-state index is 12.9. The number of nitrogens with two attached hydrogens (primary N) is 1. The molecule has 5 nitrogen and oxygen atoms in total. The third-order valence-corrected chi connectivity index (χ3v) is 6.08. The highest BCUT2D eigenvalue weighted by molar-refractivity contribution is 5.79. The standard InChI is InChI=1S/C20H29N3O2/c21-17-13-22(12-16(17)15-6-2-1-3-7-15)14-20(24)23-10-11-25-19-9-5-4-8-18(19)23/h1-3,6-7,16-19H,4-5,8-14,21H2/t16-,17+,18?,19?/m0/s1. The Labute approximate surface area is 150 Å². The summed E-state index contributed by atoms with van der Waals surface area (Å²) in [5.41, 5.74) is 7.66. The van der Waals surface area contributed by atoms with Gasteiger partial charge in [-0.25, -0.2) is 0 Å². The number of nitrogens with zero attached hydrogens (tertiary/aromatic N) is 2. The molecule has 2 unspecified atom stereocenters. The van der Waals surface area contributed by atoms with Crippen molar-refractivity contribution in [3.8, 4) is 0 Å². The van der Waals surface area contributed by atoms with Crippen molar-refractivity contribution in [1.29, 1.82) is 0 Å². The first-order valence-corrected chi connectivity index (χ1v) is 9.66. The van der Waals surface area contributed by atoms with Crippen LogP contribution in [0.2, 0.25) is 0 Å². The number of carbonyl (C=O) groups excluding carboxylic acids is 1. The molecule has 0 bridgehead atoms. The number of carbonyl (C=O) groups is 1. The molecule has 0 aromatic heterocycles. The molecule has 1 aromatic rings. The average Bonchev–Trinajstić information content (AvgIpc) is 3.02. The summed E-state index contributed by atoms with van der Waals surface area (Å²) in [6, 6.07) is 10.8. The van der Waals surface area contributed by atoms with Crippen LogP contribution in [0.25, 0.3) is 0 Å². The van der Waals surface area contributed by atoms with Crippen LogP contribution in [0.3, 0.4) is 0 Å². The number of likely N-dealkylation sites (tertiary alicyclic amines) is 1. The van der Waals surface area contributed by atoms with Crippen molar-refractivity contribution in [2.75, 3.05) is 32.8 Å². The predicted molar refractivity (Wildman–Crippen MR) is 97.3 cm³/mol. The molecule has 3 fully saturated rings. The summed E-state index contributed by atoms with van der Waals surface area (Å²) >= 11 is 0. The predicted octanol–water partition coefficient (Wildman–Crippen LogP) is 1.58. The van der Waals surface area contributed by atoms with Crippen molar-refractivity contribution in [2.45, 2.75) is 49.8 Å². The molecule has 1 aromatic carbocycles. The normalized spacial score (nSPS) is 33.2. The SMILES string of the molecule is N[C@@H]1CN(CC(=O)N2CCOC3CCCCC32)C[C@H]1c1ccccc1. The number of ether oxygens (including phenoxy) is 1. The van der Waals surface area contributed by atoms with E-state index >= 15 is 0 Å². The number of benzene rings is 1. The highest BCUT2D eigenvalue weighted by Gasteiger charge is 2.38. The van der Waals surface area contributed by atoms with E-state index in [1.54, 1.807) is 0 Å². The van der Waals surface area contributed by atoms with Crippen molar-refractivity contribution in [2.24, 2.45) is 5.73 Å². The minimum atomic E-state index is 0.0994. The van der Waals surface area contributed by atoms with Gasteiger partial charge in [-0.1, -0.05) is 43.2 Å². The summed E-state index contributed by atoms with van der Waals surface area (Å²) in [5, 5.41) is 0. The lowest BCUT2D eigenvalue weighted by Crippen LogP contribution is -2.56. The van der Waals surface area contributed by atoms with Crippen LogP contribution in [0, 0.1) is 0 Å². The van der Waals surface area contributed by atoms with Gasteiger partial charge in [0.2, 0.25) is 5.91 Å². The van der Waals surface area contributed by atoms with E-state index in [2.05, 4.69) is 34.1 Å². The van der Waals surface area contributed by atoms with E-state index < -0.39 is 0 Å². The molecule has 0 radical (unpaired) electrons. The molecule has 136 valence electrons. The van der Waals surface area contributed by atoms with Gasteiger partial charge in [-0.15, -0.1) is 0 Å². The van der Waals surface area contributed by atoms with Gasteiger partial charge in [-0.3, -0.25) is 9.69 Å². The summed E-state index contributed by atoms with van der Waals surface area (Å²) in [7, 11) is 0. The maximum atomic E-state index is 12.9. The van der Waals surface area contributed by atoms with Gasteiger partial charge in [0, 0.05) is 31.6 Å². The lowest BCUT2D eigenvalue weighted by Gasteiger charge is -2.44. The molecule has 2 heterocycles. The molecular formula is C20H29N3O2. The fraction of sp³-hybridized carbons (Fsp3) is 0.650. The minimum absolute atomic E-state index is 0.0994. The van der Waals surface area contributed by atoms with Crippen molar-refractivity contribution in [3.05, 3.63) is 35.9 Å². The quantitative estimate of drug-likeness (QED) is 0.905. The number of hydrogen-bond acceptors (Lipinski definition) is 4. The molecule has 2 aliphatic heterocycles. The Morgan fingerprint density at radius 1 is 1.16 bits per heavy atom. The van der Waals surface area contributed by atoms with Gasteiger partial charge in [-0.2, -0.15) is 0 Å². The lowest BCUT2D eigenvalue weighted by atomic mass is 9.90. The van der Waals surface area contributed by atoms with Crippen LogP contribution in [0.15, 0.2) is 30.3 Å². The van der Waals surface area contributed by atoms with Crippen molar-refractivity contribution >= 4 is 5.91 Å². The monoisotopic (exact) mass is 343 g/mol. The summed E-state index contributed by atoms with van der Waals surface area (Å²) in [6.45, 7) is 3.57. The second kappa shape index (κ2) is 7.44. The maximum Gasteiger partial charge on any atom is 0.237 e. The fourth-order valence-corrected chi connectivity index (χ4v) is 4.78. The summed E-state index contributed by atoms with van der Waals surface area (Å²) in [6.07, 6.45) is 4.87. The second-order valence-electron chi connectivity index (χ2n) is 7.72. The Morgan fingerprint density at radius 2 is 1.96 bits per heavy atom. The van der Waals surface area contributed by atoms with E-state index in [1.807, 2.05) is 6.07 Å². The molecule has 4 atom stereocenters. The van der Waals surface area contributed by atoms with Gasteiger partial charge in [-0.05, 0) is 18.4 Å². The Kier molecular flexibility index (Phi) is 5.06. The molecule has 0 spiro atoms. The average molecular weight is 343 g/mol. The van der Waals surface area contributed by atoms with Gasteiger partial charge in [0.25, 0.3) is 0 Å². The highest BCUT2D eigenvalue weighted by atomic mass is 16.5. The zero-order valence-electron chi connectivity index (χ0n) is 14.8. The van der Waals surface area contributed by atoms with Gasteiger partial charge < -0.3 is 15.4 Å². The van der Waals surface area contributed by atoms with Crippen LogP contribution in [0.5, 0.6) is 0 Å². The van der Waals surface area contributed by atoms with Crippen molar-refractivity contribution in [1.82, 2.24) is 9.80 Å². The minimum Gasteiger partial charge on any atom is -0.374 e. The van der Waals surface area contributed by atoms with Crippen LogP contribution < -0.4 is 5.73 Å². The first-order chi connectivity index (χ1) is 12.2. The van der Waals surface area contributed by atoms with E-state index in [0.717, 1.165) is 32.5 Å². The van der Waals surface area contributed by atoms with Crippen LogP contribution >= 0.6 is 0 Å². The van der Waals surface area contributed by atoms with Crippen LogP contribution in [0.4, 0.5) is 0 Å². The van der Waals surface area contributed by atoms with E-state index in [-0.39, 0.29) is 24.1 Å².